The average molecular weight is 238 g/mol. The first-order valence-electron chi connectivity index (χ1n) is 5.57. The summed E-state index contributed by atoms with van der Waals surface area (Å²) in [5.41, 5.74) is 0.684. The second-order valence-corrected chi connectivity index (χ2v) is 4.05. The van der Waals surface area contributed by atoms with Gasteiger partial charge in [-0.25, -0.2) is 16.3 Å². The maximum Gasteiger partial charge on any atom is 0.328 e. The molecule has 18 heavy (non-hydrogen) atoms. The fourth-order valence-electron chi connectivity index (χ4n) is 2.16. The maximum absolute atomic E-state index is 11.8. The van der Waals surface area contributed by atoms with Gasteiger partial charge in [-0.2, -0.15) is 0 Å². The van der Waals surface area contributed by atoms with Crippen molar-refractivity contribution >= 4 is 22.5 Å². The zero-order chi connectivity index (χ0) is 12.5. The molecule has 1 fully saturated rings. The normalized spacial score (nSPS) is 18.7. The molecule has 1 aliphatic heterocycles. The van der Waals surface area contributed by atoms with Crippen LogP contribution in [0.15, 0.2) is 36.7 Å². The van der Waals surface area contributed by atoms with Crippen LogP contribution in [-0.2, 0) is 0 Å². The Hall–Kier alpha value is -2.61. The first-order chi connectivity index (χ1) is 8.81. The minimum atomic E-state index is -0.495. The molecule has 1 aromatic heterocycles. The Bertz CT molecular complexity index is 656. The van der Waals surface area contributed by atoms with E-state index in [2.05, 4.69) is 15.1 Å². The molecule has 0 saturated carbocycles. The Morgan fingerprint density at radius 3 is 3.06 bits per heavy atom. The van der Waals surface area contributed by atoms with Gasteiger partial charge in [0, 0.05) is 17.0 Å². The van der Waals surface area contributed by atoms with Crippen molar-refractivity contribution in [3.8, 4) is 0 Å². The van der Waals surface area contributed by atoms with Gasteiger partial charge in [0.05, 0.1) is 11.9 Å². The lowest BCUT2D eigenvalue weighted by Crippen LogP contribution is -2.32. The zero-order valence-corrected chi connectivity index (χ0v) is 9.50. The van der Waals surface area contributed by atoms with E-state index in [9.17, 15) is 4.79 Å². The van der Waals surface area contributed by atoms with Crippen LogP contribution < -0.4 is 10.2 Å². The van der Waals surface area contributed by atoms with Crippen molar-refractivity contribution in [3.63, 3.8) is 0 Å². The summed E-state index contributed by atoms with van der Waals surface area (Å²) in [6.07, 6.45) is 2.88. The molecular weight excluding hydrogens is 228 g/mol. The van der Waals surface area contributed by atoms with Crippen LogP contribution in [0.4, 0.5) is 10.5 Å². The maximum atomic E-state index is 11.8. The van der Waals surface area contributed by atoms with Crippen LogP contribution in [0, 0.1) is 6.57 Å². The van der Waals surface area contributed by atoms with Crippen LogP contribution >= 0.6 is 0 Å². The van der Waals surface area contributed by atoms with Crippen molar-refractivity contribution < 1.29 is 4.79 Å². The predicted molar refractivity (Wildman–Crippen MR) is 68.0 cm³/mol. The largest absolute Gasteiger partial charge is 0.328 e. The third-order valence-electron chi connectivity index (χ3n) is 3.01. The van der Waals surface area contributed by atoms with Crippen molar-refractivity contribution in [3.05, 3.63) is 48.1 Å². The second kappa shape index (κ2) is 4.00. The molecule has 1 atom stereocenters. The van der Waals surface area contributed by atoms with E-state index >= 15 is 0 Å². The quantitative estimate of drug-likeness (QED) is 0.772. The lowest BCUT2D eigenvalue weighted by Gasteiger charge is -2.16. The van der Waals surface area contributed by atoms with Crippen molar-refractivity contribution in [1.82, 2.24) is 10.3 Å². The highest BCUT2D eigenvalue weighted by Gasteiger charge is 2.37. The molecule has 1 unspecified atom stereocenters. The number of anilines is 1. The van der Waals surface area contributed by atoms with Gasteiger partial charge in [-0.05, 0) is 0 Å². The molecule has 2 heterocycles. The highest BCUT2D eigenvalue weighted by Crippen LogP contribution is 2.28. The minimum absolute atomic E-state index is 0.242. The lowest BCUT2D eigenvalue weighted by molar-refractivity contribution is 0.252. The molecule has 0 aliphatic carbocycles. The van der Waals surface area contributed by atoms with Gasteiger partial charge in [0.15, 0.2) is 0 Å². The van der Waals surface area contributed by atoms with Crippen molar-refractivity contribution in [2.45, 2.75) is 6.17 Å². The summed E-state index contributed by atoms with van der Waals surface area (Å²) in [6, 6.07) is 7.46. The van der Waals surface area contributed by atoms with Crippen molar-refractivity contribution in [2.24, 2.45) is 0 Å². The van der Waals surface area contributed by atoms with Gasteiger partial charge in [0.1, 0.15) is 6.54 Å². The minimum Gasteiger partial charge on any atom is -0.327 e. The standard InChI is InChI=1S/C13H10N4O/c1-14-12-8-16-13(18)17(12)11-7-15-6-9-4-2-3-5-10(9)11/h2-7,12H,8H2,(H,16,18). The number of fused-ring (bicyclic) bond motifs is 1. The van der Waals surface area contributed by atoms with E-state index < -0.39 is 6.17 Å². The summed E-state index contributed by atoms with van der Waals surface area (Å²) >= 11 is 0. The average Bonchev–Trinajstić information content (AvgIpc) is 2.79. The van der Waals surface area contributed by atoms with E-state index in [0.29, 0.717) is 12.2 Å². The number of amides is 2. The smallest absolute Gasteiger partial charge is 0.327 e. The number of hydrogen-bond donors (Lipinski definition) is 1. The summed E-state index contributed by atoms with van der Waals surface area (Å²) < 4.78 is 0. The van der Waals surface area contributed by atoms with Gasteiger partial charge in [0.2, 0.25) is 0 Å². The zero-order valence-electron chi connectivity index (χ0n) is 9.50. The summed E-state index contributed by atoms with van der Waals surface area (Å²) in [7, 11) is 0. The number of pyridine rings is 1. The number of aromatic nitrogens is 1. The molecule has 88 valence electrons. The van der Waals surface area contributed by atoms with Gasteiger partial charge >= 0.3 is 12.2 Å². The molecule has 2 aromatic rings. The molecule has 0 bridgehead atoms. The Balaban J connectivity index is 2.20. The number of urea groups is 1. The molecule has 5 heteroatoms. The molecule has 2 amide bonds. The number of nitrogens with zero attached hydrogens (tertiary/aromatic N) is 3. The highest BCUT2D eigenvalue weighted by molar-refractivity contribution is 6.04. The first kappa shape index (κ1) is 10.5. The number of nitrogens with one attached hydrogen (secondary N) is 1. The topological polar surface area (TPSA) is 49.6 Å². The SMILES string of the molecule is [C-]#[N+]C1CNC(=O)N1c1cncc2ccccc12. The number of benzene rings is 1. The molecule has 1 aromatic carbocycles. The molecule has 1 N–H and O–H groups in total. The van der Waals surface area contributed by atoms with Crippen LogP contribution in [0.25, 0.3) is 15.6 Å². The predicted octanol–water partition coefficient (Wildman–Crippen LogP) is 2.01. The number of carbonyl (C=O) groups is 1. The van der Waals surface area contributed by atoms with Crippen LogP contribution in [0.2, 0.25) is 0 Å². The number of carbonyl (C=O) groups excluding carboxylic acids is 1. The van der Waals surface area contributed by atoms with Crippen LogP contribution in [0.3, 0.4) is 0 Å². The summed E-state index contributed by atoms with van der Waals surface area (Å²) in [5, 5.41) is 4.57. The van der Waals surface area contributed by atoms with E-state index in [1.54, 1.807) is 12.4 Å². The molecule has 3 rings (SSSR count). The third-order valence-corrected chi connectivity index (χ3v) is 3.01. The molecule has 0 radical (unpaired) electrons. The van der Waals surface area contributed by atoms with E-state index in [-0.39, 0.29) is 6.03 Å². The van der Waals surface area contributed by atoms with Gasteiger partial charge in [-0.15, -0.1) is 0 Å². The summed E-state index contributed by atoms with van der Waals surface area (Å²) in [6.45, 7) is 7.50. The van der Waals surface area contributed by atoms with Gasteiger partial charge < -0.3 is 5.32 Å². The Labute approximate surface area is 104 Å². The Morgan fingerprint density at radius 1 is 1.39 bits per heavy atom. The molecule has 1 aliphatic rings. The van der Waals surface area contributed by atoms with Gasteiger partial charge in [0.25, 0.3) is 0 Å². The van der Waals surface area contributed by atoms with Crippen molar-refractivity contribution in [2.75, 3.05) is 11.4 Å². The Kier molecular flexibility index (Phi) is 2.34. The van der Waals surface area contributed by atoms with E-state index in [4.69, 9.17) is 6.57 Å². The Morgan fingerprint density at radius 2 is 2.22 bits per heavy atom. The summed E-state index contributed by atoms with van der Waals surface area (Å²) in [5.74, 6) is 0. The van der Waals surface area contributed by atoms with E-state index in [0.717, 1.165) is 10.8 Å². The fourth-order valence-corrected chi connectivity index (χ4v) is 2.16. The molecular formula is C13H10N4O. The number of rotatable bonds is 1. The number of hydrogen-bond acceptors (Lipinski definition) is 2. The third kappa shape index (κ3) is 1.47. The van der Waals surface area contributed by atoms with Crippen LogP contribution in [-0.4, -0.2) is 23.7 Å². The highest BCUT2D eigenvalue weighted by atomic mass is 16.2. The molecule has 1 saturated heterocycles. The fraction of sp³-hybridized carbons (Fsp3) is 0.154. The first-order valence-corrected chi connectivity index (χ1v) is 5.57. The van der Waals surface area contributed by atoms with Crippen LogP contribution in [0.5, 0.6) is 0 Å². The lowest BCUT2D eigenvalue weighted by atomic mass is 10.1. The van der Waals surface area contributed by atoms with Gasteiger partial charge in [-0.3, -0.25) is 9.83 Å². The molecule has 5 nitrogen and oxygen atoms in total. The van der Waals surface area contributed by atoms with Crippen LogP contribution in [0.1, 0.15) is 0 Å². The monoisotopic (exact) mass is 238 g/mol. The molecule has 0 spiro atoms. The second-order valence-electron chi connectivity index (χ2n) is 4.05. The summed E-state index contributed by atoms with van der Waals surface area (Å²) in [4.78, 5) is 20.9. The van der Waals surface area contributed by atoms with E-state index in [1.165, 1.54) is 4.90 Å². The van der Waals surface area contributed by atoms with Crippen molar-refractivity contribution in [1.29, 1.82) is 0 Å². The van der Waals surface area contributed by atoms with Gasteiger partial charge in [-0.1, -0.05) is 24.3 Å². The van der Waals surface area contributed by atoms with E-state index in [1.807, 2.05) is 24.3 Å².